The Morgan fingerprint density at radius 3 is 3.04 bits per heavy atom. The Morgan fingerprint density at radius 2 is 2.23 bits per heavy atom. The number of hydrogen-bond acceptors (Lipinski definition) is 5. The first-order valence-corrected chi connectivity index (χ1v) is 10.2. The molecule has 7 heteroatoms. The summed E-state index contributed by atoms with van der Waals surface area (Å²) in [7, 11) is 0. The van der Waals surface area contributed by atoms with Gasteiger partial charge in [-0.1, -0.05) is 18.2 Å². The Morgan fingerprint density at radius 1 is 1.38 bits per heavy atom. The van der Waals surface area contributed by atoms with E-state index in [1.165, 1.54) is 22.5 Å². The molecular formula is C19H23N5S2. The molecule has 1 atom stereocenters. The second-order valence-corrected chi connectivity index (χ2v) is 8.23. The van der Waals surface area contributed by atoms with Crippen LogP contribution in [-0.2, 0) is 13.2 Å². The van der Waals surface area contributed by atoms with Crippen molar-refractivity contribution < 1.29 is 0 Å². The molecule has 26 heavy (non-hydrogen) atoms. The monoisotopic (exact) mass is 385 g/mol. The van der Waals surface area contributed by atoms with Gasteiger partial charge in [-0.3, -0.25) is 4.90 Å². The number of thiazole rings is 1. The predicted molar refractivity (Wildman–Crippen MR) is 109 cm³/mol. The number of allylic oxidation sites excluding steroid dienone is 1. The van der Waals surface area contributed by atoms with Crippen molar-refractivity contribution in [3.05, 3.63) is 52.5 Å². The number of piperidine rings is 1. The number of likely N-dealkylation sites (tertiary alicyclic amines) is 1. The Kier molecular flexibility index (Phi) is 5.02. The number of nitrogens with zero attached hydrogens (tertiary/aromatic N) is 5. The van der Waals surface area contributed by atoms with Crippen LogP contribution in [0.15, 0.2) is 36.9 Å². The molecule has 0 saturated carbocycles. The molecule has 1 saturated heterocycles. The number of para-hydroxylation sites is 1. The molecule has 4 rings (SSSR count). The van der Waals surface area contributed by atoms with Crippen molar-refractivity contribution in [1.29, 1.82) is 0 Å². The largest absolute Gasteiger partial charge is 0.300 e. The lowest BCUT2D eigenvalue weighted by molar-refractivity contribution is 0.156. The van der Waals surface area contributed by atoms with E-state index in [2.05, 4.69) is 40.8 Å². The fourth-order valence-corrected chi connectivity index (χ4v) is 5.02. The van der Waals surface area contributed by atoms with Gasteiger partial charge in [-0.15, -0.1) is 17.9 Å². The molecule has 5 nitrogen and oxygen atoms in total. The summed E-state index contributed by atoms with van der Waals surface area (Å²) in [6, 6.07) is 8.40. The Labute approximate surface area is 162 Å². The van der Waals surface area contributed by atoms with Gasteiger partial charge in [0.25, 0.3) is 0 Å². The Hall–Kier alpha value is -1.83. The number of aromatic nitrogens is 4. The van der Waals surface area contributed by atoms with E-state index < -0.39 is 0 Å². The third-order valence-corrected chi connectivity index (χ3v) is 6.55. The lowest BCUT2D eigenvalue weighted by atomic mass is 9.99. The van der Waals surface area contributed by atoms with Gasteiger partial charge >= 0.3 is 0 Å². The smallest absolute Gasteiger partial charge is 0.199 e. The van der Waals surface area contributed by atoms with Crippen LogP contribution in [0.3, 0.4) is 0 Å². The molecule has 3 heterocycles. The molecule has 1 aromatic carbocycles. The highest BCUT2D eigenvalue weighted by Crippen LogP contribution is 2.33. The standard InChI is InChI=1S/C19H23N5S2/c1-3-10-23-14(2)21-24(19(23)25)13-22-11-6-7-15(12-22)18-20-16-8-4-5-9-17(16)26-18/h3-5,8-9,15H,1,6-7,10-13H2,2H3/t15-/m0/s1. The van der Waals surface area contributed by atoms with Gasteiger partial charge in [-0.2, -0.15) is 5.10 Å². The molecule has 1 aliphatic heterocycles. The molecule has 0 N–H and O–H groups in total. The summed E-state index contributed by atoms with van der Waals surface area (Å²) in [5, 5.41) is 5.89. The summed E-state index contributed by atoms with van der Waals surface area (Å²) in [4.78, 5) is 7.32. The highest BCUT2D eigenvalue weighted by molar-refractivity contribution is 7.71. The predicted octanol–water partition coefficient (Wildman–Crippen LogP) is 4.36. The van der Waals surface area contributed by atoms with Crippen molar-refractivity contribution in [2.24, 2.45) is 0 Å². The van der Waals surface area contributed by atoms with Crippen molar-refractivity contribution >= 4 is 33.8 Å². The third-order valence-electron chi connectivity index (χ3n) is 4.92. The minimum atomic E-state index is 0.492. The van der Waals surface area contributed by atoms with Gasteiger partial charge in [-0.05, 0) is 50.7 Å². The topological polar surface area (TPSA) is 38.9 Å². The van der Waals surface area contributed by atoms with Crippen LogP contribution in [0.2, 0.25) is 0 Å². The fraction of sp³-hybridized carbons (Fsp3) is 0.421. The van der Waals surface area contributed by atoms with Crippen LogP contribution in [0.1, 0.15) is 29.6 Å². The van der Waals surface area contributed by atoms with Crippen molar-refractivity contribution in [2.75, 3.05) is 13.1 Å². The maximum atomic E-state index is 5.59. The molecule has 3 aromatic rings. The normalized spacial score (nSPS) is 18.4. The molecule has 0 unspecified atom stereocenters. The van der Waals surface area contributed by atoms with E-state index in [1.807, 2.05) is 33.6 Å². The minimum absolute atomic E-state index is 0.492. The highest BCUT2D eigenvalue weighted by Gasteiger charge is 2.24. The van der Waals surface area contributed by atoms with Gasteiger partial charge < -0.3 is 4.57 Å². The van der Waals surface area contributed by atoms with Crippen molar-refractivity contribution in [1.82, 2.24) is 24.2 Å². The summed E-state index contributed by atoms with van der Waals surface area (Å²) < 4.78 is 6.01. The first-order valence-electron chi connectivity index (χ1n) is 8.98. The first kappa shape index (κ1) is 17.6. The van der Waals surface area contributed by atoms with Crippen molar-refractivity contribution in [3.8, 4) is 0 Å². The fourth-order valence-electron chi connectivity index (χ4n) is 3.62. The average Bonchev–Trinajstić information content (AvgIpc) is 3.19. The lowest BCUT2D eigenvalue weighted by Crippen LogP contribution is -2.36. The number of benzene rings is 1. The molecule has 0 aliphatic carbocycles. The van der Waals surface area contributed by atoms with Crippen molar-refractivity contribution in [2.45, 2.75) is 38.9 Å². The van der Waals surface area contributed by atoms with E-state index in [9.17, 15) is 0 Å². The zero-order valence-corrected chi connectivity index (χ0v) is 16.6. The zero-order chi connectivity index (χ0) is 18.1. The molecule has 2 aromatic heterocycles. The van der Waals surface area contributed by atoms with Gasteiger partial charge in [0.05, 0.1) is 21.9 Å². The van der Waals surface area contributed by atoms with Crippen LogP contribution in [-0.4, -0.2) is 37.3 Å². The summed E-state index contributed by atoms with van der Waals surface area (Å²) >= 11 is 7.42. The average molecular weight is 386 g/mol. The second kappa shape index (κ2) is 7.42. The Balaban J connectivity index is 1.51. The minimum Gasteiger partial charge on any atom is -0.300 e. The van der Waals surface area contributed by atoms with Crippen LogP contribution < -0.4 is 0 Å². The molecular weight excluding hydrogens is 362 g/mol. The summed E-state index contributed by atoms with van der Waals surface area (Å²) in [6.07, 6.45) is 4.24. The third kappa shape index (κ3) is 3.39. The summed E-state index contributed by atoms with van der Waals surface area (Å²) in [5.41, 5.74) is 1.12. The van der Waals surface area contributed by atoms with Gasteiger partial charge in [0.1, 0.15) is 5.82 Å². The number of hydrogen-bond donors (Lipinski definition) is 0. The van der Waals surface area contributed by atoms with Gasteiger partial charge in [0.15, 0.2) is 4.77 Å². The molecule has 136 valence electrons. The van der Waals surface area contributed by atoms with E-state index in [0.29, 0.717) is 12.5 Å². The quantitative estimate of drug-likeness (QED) is 0.483. The van der Waals surface area contributed by atoms with E-state index in [-0.39, 0.29) is 0 Å². The maximum Gasteiger partial charge on any atom is 0.199 e. The van der Waals surface area contributed by atoms with Crippen LogP contribution >= 0.6 is 23.6 Å². The molecule has 1 fully saturated rings. The lowest BCUT2D eigenvalue weighted by Gasteiger charge is -2.31. The van der Waals surface area contributed by atoms with Crippen LogP contribution in [0.25, 0.3) is 10.2 Å². The molecule has 0 radical (unpaired) electrons. The molecule has 0 spiro atoms. The SMILES string of the molecule is C=CCn1c(C)nn(CN2CCC[C@H](c3nc4ccccc4s3)C2)c1=S. The molecule has 1 aliphatic rings. The maximum absolute atomic E-state index is 5.59. The second-order valence-electron chi connectivity index (χ2n) is 6.81. The van der Waals surface area contributed by atoms with E-state index >= 15 is 0 Å². The number of fused-ring (bicyclic) bond motifs is 1. The van der Waals surface area contributed by atoms with Crippen molar-refractivity contribution in [3.63, 3.8) is 0 Å². The molecule has 0 amide bonds. The number of aryl methyl sites for hydroxylation is 1. The van der Waals surface area contributed by atoms with E-state index in [4.69, 9.17) is 17.2 Å². The van der Waals surface area contributed by atoms with Gasteiger partial charge in [-0.25, -0.2) is 9.67 Å². The Bertz CT molecular complexity index is 950. The summed E-state index contributed by atoms with van der Waals surface area (Å²) in [6.45, 7) is 9.34. The van der Waals surface area contributed by atoms with Crippen LogP contribution in [0.4, 0.5) is 0 Å². The van der Waals surface area contributed by atoms with E-state index in [1.54, 1.807) is 0 Å². The number of rotatable bonds is 5. The first-order chi connectivity index (χ1) is 12.7. The van der Waals surface area contributed by atoms with Gasteiger partial charge in [0, 0.05) is 19.0 Å². The summed E-state index contributed by atoms with van der Waals surface area (Å²) in [5.74, 6) is 1.43. The zero-order valence-electron chi connectivity index (χ0n) is 15.0. The van der Waals surface area contributed by atoms with Crippen LogP contribution in [0, 0.1) is 11.7 Å². The molecule has 0 bridgehead atoms. The van der Waals surface area contributed by atoms with E-state index in [0.717, 1.165) is 35.9 Å². The highest BCUT2D eigenvalue weighted by atomic mass is 32.1. The van der Waals surface area contributed by atoms with Crippen LogP contribution in [0.5, 0.6) is 0 Å². The van der Waals surface area contributed by atoms with Gasteiger partial charge in [0.2, 0.25) is 0 Å².